The van der Waals surface area contributed by atoms with E-state index in [0.29, 0.717) is 6.42 Å². The zero-order chi connectivity index (χ0) is 16.1. The lowest BCUT2D eigenvalue weighted by Gasteiger charge is -2.34. The molecule has 1 aromatic rings. The largest absolute Gasteiger partial charge is 0.350 e. The normalized spacial score (nSPS) is 13.8. The predicted octanol–water partition coefficient (Wildman–Crippen LogP) is 3.28. The van der Waals surface area contributed by atoms with Crippen molar-refractivity contribution in [1.29, 1.82) is 0 Å². The fraction of sp³-hybridized carbons (Fsp3) is 0.611. The number of carbonyl (C=O) groups excluding carboxylic acids is 1. The molecule has 0 radical (unpaired) electrons. The Kier molecular flexibility index (Phi) is 5.97. The van der Waals surface area contributed by atoms with E-state index in [1.807, 2.05) is 18.2 Å². The van der Waals surface area contributed by atoms with Crippen molar-refractivity contribution in [1.82, 2.24) is 5.32 Å². The number of nitrogens with one attached hydrogen (secondary N) is 1. The summed E-state index contributed by atoms with van der Waals surface area (Å²) in [7, 11) is 0. The van der Waals surface area contributed by atoms with Crippen LogP contribution in [0, 0.1) is 5.41 Å². The maximum atomic E-state index is 12.2. The molecule has 1 atom stereocenters. The highest BCUT2D eigenvalue weighted by molar-refractivity contribution is 5.82. The fourth-order valence-electron chi connectivity index (χ4n) is 2.89. The van der Waals surface area contributed by atoms with Gasteiger partial charge in [-0.1, -0.05) is 51.1 Å². The molecule has 1 rings (SSSR count). The van der Waals surface area contributed by atoms with Crippen LogP contribution in [0.25, 0.3) is 0 Å². The lowest BCUT2D eigenvalue weighted by molar-refractivity contribution is -0.124. The highest BCUT2D eigenvalue weighted by atomic mass is 16.2. The van der Waals surface area contributed by atoms with Gasteiger partial charge in [0.25, 0.3) is 0 Å². The molecule has 0 aliphatic rings. The van der Waals surface area contributed by atoms with Crippen LogP contribution in [0.4, 0.5) is 0 Å². The maximum Gasteiger partial charge on any atom is 0.237 e. The first-order valence-corrected chi connectivity index (χ1v) is 7.71. The molecule has 0 unspecified atom stereocenters. The lowest BCUT2D eigenvalue weighted by atomic mass is 9.81. The number of aryl methyl sites for hydroxylation is 1. The van der Waals surface area contributed by atoms with E-state index in [2.05, 4.69) is 52.1 Å². The standard InChI is InChI=1S/C18H30N2O/c1-17(2,3)13-18(4,5)20-16(21)15(19)12-11-14-9-7-6-8-10-14/h6-10,15H,11-13,19H2,1-5H3,(H,20,21)/t15-/m0/s1. The first-order valence-electron chi connectivity index (χ1n) is 7.71. The van der Waals surface area contributed by atoms with Crippen LogP contribution in [-0.4, -0.2) is 17.5 Å². The number of benzene rings is 1. The Balaban J connectivity index is 2.47. The van der Waals surface area contributed by atoms with Crippen molar-refractivity contribution < 1.29 is 4.79 Å². The van der Waals surface area contributed by atoms with Crippen LogP contribution < -0.4 is 11.1 Å². The minimum absolute atomic E-state index is 0.0554. The summed E-state index contributed by atoms with van der Waals surface area (Å²) in [6.07, 6.45) is 2.41. The molecule has 0 spiro atoms. The summed E-state index contributed by atoms with van der Waals surface area (Å²) in [5.41, 5.74) is 7.18. The Hall–Kier alpha value is -1.35. The van der Waals surface area contributed by atoms with E-state index in [4.69, 9.17) is 5.73 Å². The third-order valence-electron chi connectivity index (χ3n) is 3.36. The molecule has 0 heterocycles. The zero-order valence-corrected chi connectivity index (χ0v) is 14.1. The average molecular weight is 290 g/mol. The van der Waals surface area contributed by atoms with Crippen LogP contribution in [0.1, 0.15) is 53.0 Å². The summed E-state index contributed by atoms with van der Waals surface area (Å²) < 4.78 is 0. The van der Waals surface area contributed by atoms with E-state index in [1.165, 1.54) is 5.56 Å². The second-order valence-corrected chi connectivity index (χ2v) is 7.74. The molecule has 0 aliphatic carbocycles. The highest BCUT2D eigenvalue weighted by Crippen LogP contribution is 2.26. The van der Waals surface area contributed by atoms with Gasteiger partial charge < -0.3 is 11.1 Å². The summed E-state index contributed by atoms with van der Waals surface area (Å²) in [6.45, 7) is 10.6. The maximum absolute atomic E-state index is 12.2. The van der Waals surface area contributed by atoms with E-state index in [1.54, 1.807) is 0 Å². The molecule has 0 aliphatic heterocycles. The Bertz CT molecular complexity index is 446. The van der Waals surface area contributed by atoms with Crippen molar-refractivity contribution in [2.24, 2.45) is 11.1 Å². The molecule has 3 N–H and O–H groups in total. The molecule has 0 bridgehead atoms. The van der Waals surface area contributed by atoms with Crippen molar-refractivity contribution in [3.63, 3.8) is 0 Å². The third kappa shape index (κ3) is 7.28. The van der Waals surface area contributed by atoms with Crippen molar-refractivity contribution in [2.45, 2.75) is 65.5 Å². The fourth-order valence-corrected chi connectivity index (χ4v) is 2.89. The Morgan fingerprint density at radius 3 is 2.24 bits per heavy atom. The van der Waals surface area contributed by atoms with E-state index in [0.717, 1.165) is 12.8 Å². The van der Waals surface area contributed by atoms with E-state index in [9.17, 15) is 4.79 Å². The Morgan fingerprint density at radius 2 is 1.71 bits per heavy atom. The number of hydrogen-bond donors (Lipinski definition) is 2. The van der Waals surface area contributed by atoms with Crippen LogP contribution in [0.2, 0.25) is 0 Å². The molecule has 3 nitrogen and oxygen atoms in total. The zero-order valence-electron chi connectivity index (χ0n) is 14.1. The topological polar surface area (TPSA) is 55.1 Å². The van der Waals surface area contributed by atoms with Gasteiger partial charge in [0, 0.05) is 5.54 Å². The number of nitrogens with two attached hydrogens (primary N) is 1. The number of hydrogen-bond acceptors (Lipinski definition) is 2. The van der Waals surface area contributed by atoms with Gasteiger partial charge in [0.2, 0.25) is 5.91 Å². The summed E-state index contributed by atoms with van der Waals surface area (Å²) >= 11 is 0. The summed E-state index contributed by atoms with van der Waals surface area (Å²) in [5, 5.41) is 3.08. The molecular formula is C18H30N2O. The number of amides is 1. The van der Waals surface area contributed by atoms with E-state index in [-0.39, 0.29) is 16.9 Å². The minimum atomic E-state index is -0.454. The number of carbonyl (C=O) groups is 1. The molecule has 0 aromatic heterocycles. The van der Waals surface area contributed by atoms with Gasteiger partial charge in [0.1, 0.15) is 0 Å². The summed E-state index contributed by atoms with van der Waals surface area (Å²) in [5.74, 6) is -0.0554. The van der Waals surface area contributed by atoms with E-state index < -0.39 is 6.04 Å². The molecular weight excluding hydrogens is 260 g/mol. The van der Waals surface area contributed by atoms with Crippen molar-refractivity contribution >= 4 is 5.91 Å². The molecule has 0 saturated heterocycles. The van der Waals surface area contributed by atoms with Crippen LogP contribution >= 0.6 is 0 Å². The van der Waals surface area contributed by atoms with Crippen LogP contribution in [0.5, 0.6) is 0 Å². The number of rotatable bonds is 6. The first-order chi connectivity index (χ1) is 9.59. The molecule has 1 aromatic carbocycles. The molecule has 3 heteroatoms. The smallest absolute Gasteiger partial charge is 0.237 e. The third-order valence-corrected chi connectivity index (χ3v) is 3.36. The van der Waals surface area contributed by atoms with Crippen LogP contribution in [0.3, 0.4) is 0 Å². The van der Waals surface area contributed by atoms with Crippen LogP contribution in [-0.2, 0) is 11.2 Å². The predicted molar refractivity (Wildman–Crippen MR) is 89.0 cm³/mol. The van der Waals surface area contributed by atoms with Crippen LogP contribution in [0.15, 0.2) is 30.3 Å². The minimum Gasteiger partial charge on any atom is -0.350 e. The second kappa shape index (κ2) is 7.08. The quantitative estimate of drug-likeness (QED) is 0.844. The van der Waals surface area contributed by atoms with Crippen molar-refractivity contribution in [3.8, 4) is 0 Å². The second-order valence-electron chi connectivity index (χ2n) is 7.74. The van der Waals surface area contributed by atoms with Gasteiger partial charge in [0.15, 0.2) is 0 Å². The van der Waals surface area contributed by atoms with Crippen molar-refractivity contribution in [2.75, 3.05) is 0 Å². The lowest BCUT2D eigenvalue weighted by Crippen LogP contribution is -2.51. The van der Waals surface area contributed by atoms with E-state index >= 15 is 0 Å². The van der Waals surface area contributed by atoms with Gasteiger partial charge in [-0.15, -0.1) is 0 Å². The van der Waals surface area contributed by atoms with Gasteiger partial charge in [-0.3, -0.25) is 4.79 Å². The van der Waals surface area contributed by atoms with Gasteiger partial charge in [-0.2, -0.15) is 0 Å². The van der Waals surface area contributed by atoms with Gasteiger partial charge in [-0.25, -0.2) is 0 Å². The molecule has 1 amide bonds. The molecule has 21 heavy (non-hydrogen) atoms. The van der Waals surface area contributed by atoms with Gasteiger partial charge in [0.05, 0.1) is 6.04 Å². The molecule has 118 valence electrons. The molecule has 0 saturated carbocycles. The molecule has 0 fully saturated rings. The summed E-state index contributed by atoms with van der Waals surface area (Å²) in [6, 6.07) is 9.68. The average Bonchev–Trinajstić information content (AvgIpc) is 2.33. The van der Waals surface area contributed by atoms with Crippen molar-refractivity contribution in [3.05, 3.63) is 35.9 Å². The Morgan fingerprint density at radius 1 is 1.14 bits per heavy atom. The monoisotopic (exact) mass is 290 g/mol. The first kappa shape index (κ1) is 17.7. The highest BCUT2D eigenvalue weighted by Gasteiger charge is 2.28. The summed E-state index contributed by atoms with van der Waals surface area (Å²) in [4.78, 5) is 12.2. The SMILES string of the molecule is CC(C)(C)CC(C)(C)NC(=O)[C@@H](N)CCc1ccccc1. The van der Waals surface area contributed by atoms with Gasteiger partial charge in [-0.05, 0) is 44.1 Å². The van der Waals surface area contributed by atoms with Gasteiger partial charge >= 0.3 is 0 Å². The Labute approximate surface area is 129 Å².